The van der Waals surface area contributed by atoms with Gasteiger partial charge < -0.3 is 25.7 Å². The number of nitrogens with two attached hydrogens (primary N) is 1. The van der Waals surface area contributed by atoms with Gasteiger partial charge in [-0.3, -0.25) is 0 Å². The van der Waals surface area contributed by atoms with Gasteiger partial charge in [0, 0.05) is 37.7 Å². The third-order valence-electron chi connectivity index (χ3n) is 6.30. The molecular formula is C26H32N6O. The predicted molar refractivity (Wildman–Crippen MR) is 134 cm³/mol. The molecule has 7 nitrogen and oxygen atoms in total. The molecule has 33 heavy (non-hydrogen) atoms. The third kappa shape index (κ3) is 4.65. The number of fused-ring (bicyclic) bond motifs is 3. The van der Waals surface area contributed by atoms with Crippen LogP contribution in [0.4, 0.5) is 11.8 Å². The Morgan fingerprint density at radius 1 is 1.12 bits per heavy atom. The Balaban J connectivity index is 1.51. The number of unbranched alkanes of at least 4 members (excludes halogenated alkanes) is 1. The minimum Gasteiger partial charge on any atom is -0.380 e. The van der Waals surface area contributed by atoms with Crippen molar-refractivity contribution in [1.29, 1.82) is 0 Å². The predicted octanol–water partition coefficient (Wildman–Crippen LogP) is 4.31. The van der Waals surface area contributed by atoms with Gasteiger partial charge in [-0.05, 0) is 30.0 Å². The van der Waals surface area contributed by atoms with Gasteiger partial charge in [0.25, 0.3) is 0 Å². The first-order valence-corrected chi connectivity index (χ1v) is 11.9. The molecule has 2 aromatic heterocycles. The highest BCUT2D eigenvalue weighted by Gasteiger charge is 2.18. The van der Waals surface area contributed by atoms with Gasteiger partial charge in [-0.15, -0.1) is 0 Å². The molecule has 1 aliphatic rings. The average molecular weight is 445 g/mol. The van der Waals surface area contributed by atoms with Gasteiger partial charge in [0.05, 0.1) is 12.1 Å². The SMILES string of the molecule is CCCCNc1nc(N)nc2c3ccccc3n(Cc3cccc(CNC4CCOC4)c3)c12. The monoisotopic (exact) mass is 444 g/mol. The molecule has 172 valence electrons. The van der Waals surface area contributed by atoms with Crippen molar-refractivity contribution < 1.29 is 4.74 Å². The van der Waals surface area contributed by atoms with Crippen LogP contribution in [0.3, 0.4) is 0 Å². The molecule has 7 heteroatoms. The Morgan fingerprint density at radius 2 is 2.00 bits per heavy atom. The van der Waals surface area contributed by atoms with Crippen LogP contribution < -0.4 is 16.4 Å². The lowest BCUT2D eigenvalue weighted by molar-refractivity contribution is 0.190. The van der Waals surface area contributed by atoms with Crippen LogP contribution in [0.5, 0.6) is 0 Å². The smallest absolute Gasteiger partial charge is 0.222 e. The summed E-state index contributed by atoms with van der Waals surface area (Å²) in [6, 6.07) is 17.6. The molecule has 2 aromatic carbocycles. The van der Waals surface area contributed by atoms with E-state index in [-0.39, 0.29) is 0 Å². The maximum Gasteiger partial charge on any atom is 0.222 e. The van der Waals surface area contributed by atoms with Gasteiger partial charge in [-0.2, -0.15) is 4.98 Å². The molecule has 0 bridgehead atoms. The molecule has 1 aliphatic heterocycles. The zero-order valence-electron chi connectivity index (χ0n) is 19.2. The fraction of sp³-hybridized carbons (Fsp3) is 0.385. The van der Waals surface area contributed by atoms with Gasteiger partial charge in [-0.1, -0.05) is 55.8 Å². The second-order valence-electron chi connectivity index (χ2n) is 8.77. The van der Waals surface area contributed by atoms with Gasteiger partial charge in [0.1, 0.15) is 11.0 Å². The Labute approximate surface area is 194 Å². The number of benzene rings is 2. The number of nitrogens with zero attached hydrogens (tertiary/aromatic N) is 3. The zero-order chi connectivity index (χ0) is 22.6. The summed E-state index contributed by atoms with van der Waals surface area (Å²) >= 11 is 0. The number of hydrogen-bond donors (Lipinski definition) is 3. The highest BCUT2D eigenvalue weighted by molar-refractivity contribution is 6.09. The quantitative estimate of drug-likeness (QED) is 0.334. The maximum atomic E-state index is 6.10. The fourth-order valence-corrected chi connectivity index (χ4v) is 4.59. The van der Waals surface area contributed by atoms with Crippen molar-refractivity contribution >= 4 is 33.7 Å². The van der Waals surface area contributed by atoms with Crippen LogP contribution in [-0.4, -0.2) is 40.3 Å². The third-order valence-corrected chi connectivity index (χ3v) is 6.30. The summed E-state index contributed by atoms with van der Waals surface area (Å²) in [4.78, 5) is 9.20. The van der Waals surface area contributed by atoms with Crippen molar-refractivity contribution in [3.63, 3.8) is 0 Å². The first kappa shape index (κ1) is 21.7. The number of rotatable bonds is 9. The Morgan fingerprint density at radius 3 is 2.85 bits per heavy atom. The normalized spacial score (nSPS) is 16.1. The van der Waals surface area contributed by atoms with Crippen molar-refractivity contribution in [3.8, 4) is 0 Å². The standard InChI is InChI=1S/C26H32N6O/c1-2-3-12-28-25-24-23(30-26(27)31-25)21-9-4-5-10-22(21)32(24)16-19-8-6-7-18(14-19)15-29-20-11-13-33-17-20/h4-10,14,20,29H,2-3,11-13,15-17H2,1H3,(H3,27,28,30,31). The van der Waals surface area contributed by atoms with Crippen LogP contribution in [0.15, 0.2) is 48.5 Å². The van der Waals surface area contributed by atoms with E-state index in [2.05, 4.69) is 74.6 Å². The summed E-state index contributed by atoms with van der Waals surface area (Å²) in [6.07, 6.45) is 3.28. The summed E-state index contributed by atoms with van der Waals surface area (Å²) in [5.41, 5.74) is 11.7. The lowest BCUT2D eigenvalue weighted by Gasteiger charge is -2.14. The first-order valence-electron chi connectivity index (χ1n) is 11.9. The molecule has 0 amide bonds. The molecule has 5 rings (SSSR count). The summed E-state index contributed by atoms with van der Waals surface area (Å²) in [5, 5.41) is 8.21. The minimum atomic E-state index is 0.299. The number of anilines is 2. The molecule has 1 atom stereocenters. The van der Waals surface area contributed by atoms with E-state index >= 15 is 0 Å². The highest BCUT2D eigenvalue weighted by atomic mass is 16.5. The molecule has 0 saturated carbocycles. The summed E-state index contributed by atoms with van der Waals surface area (Å²) in [5.74, 6) is 1.11. The highest BCUT2D eigenvalue weighted by Crippen LogP contribution is 2.33. The number of para-hydroxylation sites is 1. The summed E-state index contributed by atoms with van der Waals surface area (Å²) in [6.45, 7) is 6.28. The second kappa shape index (κ2) is 9.77. The molecule has 0 spiro atoms. The molecule has 3 heterocycles. The van der Waals surface area contributed by atoms with Gasteiger partial charge >= 0.3 is 0 Å². The maximum absolute atomic E-state index is 6.10. The molecular weight excluding hydrogens is 412 g/mol. The molecule has 4 N–H and O–H groups in total. The number of aromatic nitrogens is 3. The number of hydrogen-bond acceptors (Lipinski definition) is 6. The molecule has 1 unspecified atom stereocenters. The second-order valence-corrected chi connectivity index (χ2v) is 8.77. The number of nitrogen functional groups attached to an aromatic ring is 1. The lowest BCUT2D eigenvalue weighted by Crippen LogP contribution is -2.28. The molecule has 0 radical (unpaired) electrons. The topological polar surface area (TPSA) is 90.0 Å². The lowest BCUT2D eigenvalue weighted by atomic mass is 10.1. The van der Waals surface area contributed by atoms with Crippen LogP contribution in [0, 0.1) is 0 Å². The van der Waals surface area contributed by atoms with Crippen molar-refractivity contribution in [2.45, 2.75) is 45.3 Å². The first-order chi connectivity index (χ1) is 16.2. The van der Waals surface area contributed by atoms with E-state index in [1.165, 1.54) is 11.1 Å². The van der Waals surface area contributed by atoms with Crippen LogP contribution in [-0.2, 0) is 17.8 Å². The van der Waals surface area contributed by atoms with Crippen LogP contribution in [0.25, 0.3) is 21.9 Å². The fourth-order valence-electron chi connectivity index (χ4n) is 4.59. The Bertz CT molecular complexity index is 1240. The van der Waals surface area contributed by atoms with Crippen molar-refractivity contribution in [2.75, 3.05) is 30.8 Å². The van der Waals surface area contributed by atoms with E-state index < -0.39 is 0 Å². The molecule has 0 aliphatic carbocycles. The van der Waals surface area contributed by atoms with Crippen LogP contribution >= 0.6 is 0 Å². The van der Waals surface area contributed by atoms with Crippen LogP contribution in [0.2, 0.25) is 0 Å². The van der Waals surface area contributed by atoms with Crippen LogP contribution in [0.1, 0.15) is 37.3 Å². The van der Waals surface area contributed by atoms with Crippen molar-refractivity contribution in [2.24, 2.45) is 0 Å². The zero-order valence-corrected chi connectivity index (χ0v) is 19.2. The Kier molecular flexibility index (Phi) is 6.41. The molecule has 1 fully saturated rings. The summed E-state index contributed by atoms with van der Waals surface area (Å²) < 4.78 is 7.80. The summed E-state index contributed by atoms with van der Waals surface area (Å²) in [7, 11) is 0. The average Bonchev–Trinajstić information content (AvgIpc) is 3.45. The number of nitrogens with one attached hydrogen (secondary N) is 2. The van der Waals surface area contributed by atoms with Crippen molar-refractivity contribution in [1.82, 2.24) is 19.9 Å². The number of ether oxygens (including phenoxy) is 1. The van der Waals surface area contributed by atoms with Gasteiger partial charge in [0.15, 0.2) is 5.82 Å². The largest absolute Gasteiger partial charge is 0.380 e. The Hall–Kier alpha value is -3.16. The van der Waals surface area contributed by atoms with E-state index in [1.54, 1.807) is 0 Å². The van der Waals surface area contributed by atoms with E-state index in [0.29, 0.717) is 12.0 Å². The van der Waals surface area contributed by atoms with E-state index in [0.717, 1.165) is 79.9 Å². The van der Waals surface area contributed by atoms with Gasteiger partial charge in [0.2, 0.25) is 5.95 Å². The molecule has 4 aromatic rings. The van der Waals surface area contributed by atoms with E-state index in [9.17, 15) is 0 Å². The van der Waals surface area contributed by atoms with E-state index in [4.69, 9.17) is 10.5 Å². The minimum absolute atomic E-state index is 0.299. The molecule has 1 saturated heterocycles. The van der Waals surface area contributed by atoms with Gasteiger partial charge in [-0.25, -0.2) is 4.98 Å². The van der Waals surface area contributed by atoms with Crippen molar-refractivity contribution in [3.05, 3.63) is 59.7 Å². The van der Waals surface area contributed by atoms with E-state index in [1.807, 2.05) is 6.07 Å².